The van der Waals surface area contributed by atoms with Crippen LogP contribution in [0.3, 0.4) is 0 Å². The number of phenols is 1. The largest absolute Gasteiger partial charge is 0.506 e. The second kappa shape index (κ2) is 6.92. The summed E-state index contributed by atoms with van der Waals surface area (Å²) in [6.07, 6.45) is 0.0738. The summed E-state index contributed by atoms with van der Waals surface area (Å²) in [6.45, 7) is 4.35. The number of hydrogen-bond donors (Lipinski definition) is 2. The lowest BCUT2D eigenvalue weighted by atomic mass is 10.2. The van der Waals surface area contributed by atoms with E-state index in [-0.39, 0.29) is 11.9 Å². The van der Waals surface area contributed by atoms with E-state index in [1.807, 2.05) is 32.0 Å². The van der Waals surface area contributed by atoms with Gasteiger partial charge in [0, 0.05) is 17.8 Å². The summed E-state index contributed by atoms with van der Waals surface area (Å²) in [6, 6.07) is 10.8. The minimum atomic E-state index is 0.0738. The second-order valence-electron chi connectivity index (χ2n) is 4.91. The Bertz CT molecular complexity index is 630. The summed E-state index contributed by atoms with van der Waals surface area (Å²) >= 11 is 12.1. The molecule has 5 heteroatoms. The van der Waals surface area contributed by atoms with Crippen LogP contribution in [0.15, 0.2) is 36.4 Å². The molecule has 2 N–H and O–H groups in total. The van der Waals surface area contributed by atoms with Gasteiger partial charge in [0.05, 0.1) is 16.1 Å². The molecule has 0 aromatic heterocycles. The maximum atomic E-state index is 9.86. The maximum Gasteiger partial charge on any atom is 0.139 e. The average molecular weight is 326 g/mol. The van der Waals surface area contributed by atoms with Crippen LogP contribution in [0.2, 0.25) is 10.0 Å². The van der Waals surface area contributed by atoms with Crippen LogP contribution in [0.4, 0.5) is 5.69 Å². The quantitative estimate of drug-likeness (QED) is 0.803. The fourth-order valence-corrected chi connectivity index (χ4v) is 2.28. The first kappa shape index (κ1) is 15.8. The summed E-state index contributed by atoms with van der Waals surface area (Å²) in [7, 11) is 0. The van der Waals surface area contributed by atoms with Gasteiger partial charge in [0.1, 0.15) is 11.5 Å². The molecule has 0 aliphatic carbocycles. The highest BCUT2D eigenvalue weighted by molar-refractivity contribution is 6.32. The van der Waals surface area contributed by atoms with Gasteiger partial charge in [-0.05, 0) is 38.1 Å². The van der Waals surface area contributed by atoms with Crippen LogP contribution in [-0.4, -0.2) is 11.2 Å². The van der Waals surface area contributed by atoms with Crippen LogP contribution in [0, 0.1) is 0 Å². The van der Waals surface area contributed by atoms with Crippen molar-refractivity contribution in [1.29, 1.82) is 0 Å². The molecule has 2 aromatic carbocycles. The van der Waals surface area contributed by atoms with E-state index in [1.54, 1.807) is 18.2 Å². The Morgan fingerprint density at radius 2 is 1.90 bits per heavy atom. The topological polar surface area (TPSA) is 41.5 Å². The fourth-order valence-electron chi connectivity index (χ4n) is 1.86. The normalized spacial score (nSPS) is 10.7. The van der Waals surface area contributed by atoms with Gasteiger partial charge >= 0.3 is 0 Å². The Hall–Kier alpha value is -1.58. The third-order valence-electron chi connectivity index (χ3n) is 2.85. The van der Waals surface area contributed by atoms with Crippen LogP contribution in [0.1, 0.15) is 19.4 Å². The molecule has 0 fully saturated rings. The predicted molar refractivity (Wildman–Crippen MR) is 87.7 cm³/mol. The number of benzene rings is 2. The van der Waals surface area contributed by atoms with Gasteiger partial charge in [-0.15, -0.1) is 0 Å². The Labute approximate surface area is 134 Å². The molecule has 0 saturated heterocycles. The molecule has 0 heterocycles. The zero-order valence-corrected chi connectivity index (χ0v) is 13.4. The van der Waals surface area contributed by atoms with E-state index in [2.05, 4.69) is 5.32 Å². The number of para-hydroxylation sites is 1. The summed E-state index contributed by atoms with van der Waals surface area (Å²) in [5.74, 6) is 0.750. The number of ether oxygens (including phenoxy) is 1. The number of anilines is 1. The number of nitrogens with one attached hydrogen (secondary N) is 1. The van der Waals surface area contributed by atoms with E-state index in [0.717, 1.165) is 11.3 Å². The van der Waals surface area contributed by atoms with Gasteiger partial charge in [-0.3, -0.25) is 0 Å². The molecule has 2 aromatic rings. The molecule has 0 spiro atoms. The molecule has 21 heavy (non-hydrogen) atoms. The van der Waals surface area contributed by atoms with E-state index in [1.165, 1.54) is 0 Å². The van der Waals surface area contributed by atoms with E-state index in [0.29, 0.717) is 22.3 Å². The van der Waals surface area contributed by atoms with Crippen molar-refractivity contribution in [3.05, 3.63) is 52.0 Å². The smallest absolute Gasteiger partial charge is 0.139 e. The molecular formula is C16H17Cl2NO2. The van der Waals surface area contributed by atoms with E-state index in [9.17, 15) is 5.11 Å². The number of aromatic hydroxyl groups is 1. The lowest BCUT2D eigenvalue weighted by molar-refractivity contribution is 0.242. The fraction of sp³-hybridized carbons (Fsp3) is 0.250. The van der Waals surface area contributed by atoms with Crippen molar-refractivity contribution in [1.82, 2.24) is 0 Å². The molecule has 0 aliphatic rings. The summed E-state index contributed by atoms with van der Waals surface area (Å²) in [5, 5.41) is 13.9. The molecule has 0 unspecified atom stereocenters. The van der Waals surface area contributed by atoms with E-state index in [4.69, 9.17) is 27.9 Å². The second-order valence-corrected chi connectivity index (χ2v) is 5.73. The first-order valence-corrected chi connectivity index (χ1v) is 7.39. The third kappa shape index (κ3) is 4.19. The van der Waals surface area contributed by atoms with E-state index < -0.39 is 0 Å². The van der Waals surface area contributed by atoms with Gasteiger partial charge in [-0.1, -0.05) is 35.3 Å². The van der Waals surface area contributed by atoms with Crippen molar-refractivity contribution < 1.29 is 9.84 Å². The first-order valence-electron chi connectivity index (χ1n) is 6.64. The highest BCUT2D eigenvalue weighted by atomic mass is 35.5. The molecule has 0 amide bonds. The van der Waals surface area contributed by atoms with Gasteiger partial charge < -0.3 is 15.2 Å². The zero-order valence-electron chi connectivity index (χ0n) is 11.9. The van der Waals surface area contributed by atoms with Crippen LogP contribution in [0.5, 0.6) is 11.5 Å². The highest BCUT2D eigenvalue weighted by Crippen LogP contribution is 2.30. The summed E-state index contributed by atoms with van der Waals surface area (Å²) in [4.78, 5) is 0. The van der Waals surface area contributed by atoms with Gasteiger partial charge in [-0.2, -0.15) is 0 Å². The Balaban J connectivity index is 2.07. The number of phenolic OH excluding ortho intramolecular Hbond substituents is 1. The van der Waals surface area contributed by atoms with Crippen molar-refractivity contribution in [3.8, 4) is 11.5 Å². The third-order valence-corrected chi connectivity index (χ3v) is 3.45. The van der Waals surface area contributed by atoms with Gasteiger partial charge in [0.25, 0.3) is 0 Å². The minimum Gasteiger partial charge on any atom is -0.506 e. The van der Waals surface area contributed by atoms with Crippen molar-refractivity contribution >= 4 is 28.9 Å². The van der Waals surface area contributed by atoms with Crippen molar-refractivity contribution in [2.45, 2.75) is 26.5 Å². The molecule has 2 rings (SSSR count). The predicted octanol–water partition coefficient (Wildman–Crippen LogP) is 5.10. The highest BCUT2D eigenvalue weighted by Gasteiger charge is 2.07. The van der Waals surface area contributed by atoms with Crippen LogP contribution in [-0.2, 0) is 6.54 Å². The summed E-state index contributed by atoms with van der Waals surface area (Å²) in [5.41, 5.74) is 1.57. The average Bonchev–Trinajstić information content (AvgIpc) is 2.43. The molecule has 3 nitrogen and oxygen atoms in total. The standard InChI is InChI=1S/C16H17Cl2NO2/c1-10(2)21-15-7-6-12(8-14(15)18)19-9-11-4-3-5-13(17)16(11)20/h3-8,10,19-20H,9H2,1-2H3. The molecule has 0 bridgehead atoms. The molecule has 0 saturated carbocycles. The molecular weight excluding hydrogens is 309 g/mol. The number of hydrogen-bond acceptors (Lipinski definition) is 3. The van der Waals surface area contributed by atoms with Gasteiger partial charge in [0.15, 0.2) is 0 Å². The van der Waals surface area contributed by atoms with Crippen LogP contribution >= 0.6 is 23.2 Å². The first-order chi connectivity index (χ1) is 9.97. The molecule has 112 valence electrons. The van der Waals surface area contributed by atoms with Gasteiger partial charge in [0.2, 0.25) is 0 Å². The van der Waals surface area contributed by atoms with Crippen molar-refractivity contribution in [2.24, 2.45) is 0 Å². The lowest BCUT2D eigenvalue weighted by Crippen LogP contribution is -2.06. The molecule has 0 atom stereocenters. The maximum absolute atomic E-state index is 9.86. The van der Waals surface area contributed by atoms with Crippen LogP contribution in [0.25, 0.3) is 0 Å². The van der Waals surface area contributed by atoms with Crippen molar-refractivity contribution in [2.75, 3.05) is 5.32 Å². The monoisotopic (exact) mass is 325 g/mol. The Morgan fingerprint density at radius 1 is 1.14 bits per heavy atom. The van der Waals surface area contributed by atoms with Crippen LogP contribution < -0.4 is 10.1 Å². The van der Waals surface area contributed by atoms with Gasteiger partial charge in [-0.25, -0.2) is 0 Å². The number of halogens is 2. The lowest BCUT2D eigenvalue weighted by Gasteiger charge is -2.13. The van der Waals surface area contributed by atoms with Crippen molar-refractivity contribution in [3.63, 3.8) is 0 Å². The Kier molecular flexibility index (Phi) is 5.21. The SMILES string of the molecule is CC(C)Oc1ccc(NCc2cccc(Cl)c2O)cc1Cl. The van der Waals surface area contributed by atoms with E-state index >= 15 is 0 Å². The zero-order chi connectivity index (χ0) is 15.4. The number of rotatable bonds is 5. The summed E-state index contributed by atoms with van der Waals surface area (Å²) < 4.78 is 5.58. The molecule has 0 aliphatic heterocycles. The minimum absolute atomic E-state index is 0.0738. The molecule has 0 radical (unpaired) electrons. The Morgan fingerprint density at radius 3 is 2.57 bits per heavy atom.